The number of carbonyl (C=O) groups excluding carboxylic acids is 1. The minimum absolute atomic E-state index is 0.0365. The third kappa shape index (κ3) is 2.74. The fourth-order valence-electron chi connectivity index (χ4n) is 1.68. The van der Waals surface area contributed by atoms with Gasteiger partial charge in [-0.3, -0.25) is 10.2 Å². The summed E-state index contributed by atoms with van der Waals surface area (Å²) in [5.74, 6) is -1.81. The van der Waals surface area contributed by atoms with Gasteiger partial charge in [-0.2, -0.15) is 0 Å². The summed E-state index contributed by atoms with van der Waals surface area (Å²) in [6.45, 7) is 0. The molecule has 2 aromatic carbocycles. The molecule has 102 valence electrons. The number of carbonyl (C=O) groups is 1. The van der Waals surface area contributed by atoms with E-state index in [1.165, 1.54) is 24.3 Å². The topological polar surface area (TPSA) is 99.2 Å². The largest absolute Gasteiger partial charge is 0.507 e. The first kappa shape index (κ1) is 13.5. The summed E-state index contributed by atoms with van der Waals surface area (Å²) in [4.78, 5) is 11.9. The molecule has 2 aromatic rings. The summed E-state index contributed by atoms with van der Waals surface area (Å²) in [6.07, 6.45) is 0. The zero-order chi connectivity index (χ0) is 14.7. The molecule has 0 saturated heterocycles. The van der Waals surface area contributed by atoms with Gasteiger partial charge < -0.3 is 16.2 Å². The average Bonchev–Trinajstić information content (AvgIpc) is 2.38. The summed E-state index contributed by atoms with van der Waals surface area (Å²) >= 11 is 0. The fraction of sp³-hybridized carbons (Fsp3) is 0. The van der Waals surface area contributed by atoms with Crippen LogP contribution in [0.1, 0.15) is 15.9 Å². The second kappa shape index (κ2) is 5.40. The van der Waals surface area contributed by atoms with E-state index >= 15 is 0 Å². The van der Waals surface area contributed by atoms with Crippen molar-refractivity contribution in [3.05, 3.63) is 59.4 Å². The lowest BCUT2D eigenvalue weighted by Gasteiger charge is -2.08. The SMILES string of the molecule is N=C(N)c1ccc(NC(=O)c2ccccc2O)cc1F. The van der Waals surface area contributed by atoms with Crippen LogP contribution in [-0.2, 0) is 0 Å². The van der Waals surface area contributed by atoms with Crippen LogP contribution in [0.5, 0.6) is 5.75 Å². The Morgan fingerprint density at radius 3 is 2.50 bits per heavy atom. The molecule has 0 aliphatic rings. The van der Waals surface area contributed by atoms with E-state index in [9.17, 15) is 14.3 Å². The van der Waals surface area contributed by atoms with Gasteiger partial charge in [0.25, 0.3) is 5.91 Å². The van der Waals surface area contributed by atoms with Crippen LogP contribution in [0.2, 0.25) is 0 Å². The number of hydrogen-bond donors (Lipinski definition) is 4. The molecule has 0 fully saturated rings. The second-order valence-corrected chi connectivity index (χ2v) is 4.08. The Hall–Kier alpha value is -2.89. The predicted octanol–water partition coefficient (Wildman–Crippen LogP) is 2.07. The number of aromatic hydroxyl groups is 1. The number of halogens is 1. The molecule has 5 nitrogen and oxygen atoms in total. The van der Waals surface area contributed by atoms with Crippen LogP contribution in [0.4, 0.5) is 10.1 Å². The minimum Gasteiger partial charge on any atom is -0.507 e. The van der Waals surface area contributed by atoms with Crippen molar-refractivity contribution in [1.82, 2.24) is 0 Å². The Kier molecular flexibility index (Phi) is 3.65. The van der Waals surface area contributed by atoms with Gasteiger partial charge in [-0.15, -0.1) is 0 Å². The minimum atomic E-state index is -0.701. The molecule has 0 unspecified atom stereocenters. The van der Waals surface area contributed by atoms with Crippen molar-refractivity contribution in [2.45, 2.75) is 0 Å². The van der Waals surface area contributed by atoms with Gasteiger partial charge in [0.15, 0.2) is 0 Å². The highest BCUT2D eigenvalue weighted by Gasteiger charge is 2.12. The molecule has 0 saturated carbocycles. The van der Waals surface area contributed by atoms with Crippen molar-refractivity contribution in [2.75, 3.05) is 5.32 Å². The van der Waals surface area contributed by atoms with Crippen LogP contribution >= 0.6 is 0 Å². The Balaban J connectivity index is 2.23. The first-order chi connectivity index (χ1) is 9.49. The molecule has 20 heavy (non-hydrogen) atoms. The number of amidine groups is 1. The summed E-state index contributed by atoms with van der Waals surface area (Å²) < 4.78 is 13.6. The number of anilines is 1. The van der Waals surface area contributed by atoms with E-state index in [1.807, 2.05) is 0 Å². The zero-order valence-corrected chi connectivity index (χ0v) is 10.4. The molecule has 0 bridgehead atoms. The molecular formula is C14H12FN3O2. The van der Waals surface area contributed by atoms with Gasteiger partial charge >= 0.3 is 0 Å². The molecule has 5 N–H and O–H groups in total. The first-order valence-corrected chi connectivity index (χ1v) is 5.72. The van der Waals surface area contributed by atoms with Gasteiger partial charge in [-0.1, -0.05) is 12.1 Å². The van der Waals surface area contributed by atoms with Gasteiger partial charge in [-0.05, 0) is 30.3 Å². The average molecular weight is 273 g/mol. The van der Waals surface area contributed by atoms with Crippen molar-refractivity contribution in [3.8, 4) is 5.75 Å². The van der Waals surface area contributed by atoms with Crippen LogP contribution in [0.3, 0.4) is 0 Å². The first-order valence-electron chi connectivity index (χ1n) is 5.72. The summed E-state index contributed by atoms with van der Waals surface area (Å²) in [5, 5.41) is 19.2. The highest BCUT2D eigenvalue weighted by molar-refractivity contribution is 6.06. The van der Waals surface area contributed by atoms with Gasteiger partial charge in [0.2, 0.25) is 0 Å². The number of nitrogens with one attached hydrogen (secondary N) is 2. The molecule has 0 aliphatic carbocycles. The van der Waals surface area contributed by atoms with Crippen LogP contribution in [0.15, 0.2) is 42.5 Å². The lowest BCUT2D eigenvalue weighted by Crippen LogP contribution is -2.15. The number of para-hydroxylation sites is 1. The van der Waals surface area contributed by atoms with Crippen LogP contribution in [0.25, 0.3) is 0 Å². The molecule has 0 atom stereocenters. The molecule has 0 spiro atoms. The standard InChI is InChI=1S/C14H12FN3O2/c15-11-7-8(5-6-9(11)13(16)17)18-14(20)10-3-1-2-4-12(10)19/h1-7,19H,(H3,16,17)(H,18,20). The van der Waals surface area contributed by atoms with E-state index in [-0.39, 0.29) is 28.4 Å². The number of phenolic OH excluding ortho intramolecular Hbond substituents is 1. The number of benzene rings is 2. The van der Waals surface area contributed by atoms with Crippen molar-refractivity contribution >= 4 is 17.4 Å². The molecule has 2 rings (SSSR count). The van der Waals surface area contributed by atoms with Gasteiger partial charge in [0.1, 0.15) is 17.4 Å². The molecular weight excluding hydrogens is 261 g/mol. The maximum absolute atomic E-state index is 13.6. The Labute approximate surface area is 114 Å². The number of nitrogen functional groups attached to an aromatic ring is 1. The second-order valence-electron chi connectivity index (χ2n) is 4.08. The van der Waals surface area contributed by atoms with Crippen molar-refractivity contribution < 1.29 is 14.3 Å². The number of nitrogens with two attached hydrogens (primary N) is 1. The van der Waals surface area contributed by atoms with E-state index in [0.717, 1.165) is 6.07 Å². The van der Waals surface area contributed by atoms with Crippen LogP contribution < -0.4 is 11.1 Å². The van der Waals surface area contributed by atoms with E-state index in [1.54, 1.807) is 12.1 Å². The van der Waals surface area contributed by atoms with Crippen LogP contribution in [-0.4, -0.2) is 16.8 Å². The van der Waals surface area contributed by atoms with E-state index < -0.39 is 11.7 Å². The predicted molar refractivity (Wildman–Crippen MR) is 73.5 cm³/mol. The van der Waals surface area contributed by atoms with Gasteiger partial charge in [0.05, 0.1) is 11.1 Å². The highest BCUT2D eigenvalue weighted by atomic mass is 19.1. The third-order valence-electron chi connectivity index (χ3n) is 2.67. The molecule has 0 heterocycles. The van der Waals surface area contributed by atoms with E-state index in [0.29, 0.717) is 0 Å². The zero-order valence-electron chi connectivity index (χ0n) is 10.4. The number of amides is 1. The number of hydrogen-bond acceptors (Lipinski definition) is 3. The lowest BCUT2D eigenvalue weighted by molar-refractivity contribution is 0.102. The maximum Gasteiger partial charge on any atom is 0.259 e. The summed E-state index contributed by atoms with van der Waals surface area (Å²) in [6, 6.07) is 9.82. The molecule has 0 aliphatic heterocycles. The van der Waals surface area contributed by atoms with Gasteiger partial charge in [-0.25, -0.2) is 4.39 Å². The lowest BCUT2D eigenvalue weighted by atomic mass is 10.1. The maximum atomic E-state index is 13.6. The van der Waals surface area contributed by atoms with E-state index in [2.05, 4.69) is 5.32 Å². The monoisotopic (exact) mass is 273 g/mol. The molecule has 0 radical (unpaired) electrons. The van der Waals surface area contributed by atoms with Gasteiger partial charge in [0, 0.05) is 5.69 Å². The Bertz CT molecular complexity index is 686. The quantitative estimate of drug-likeness (QED) is 0.509. The molecule has 1 amide bonds. The molecule has 6 heteroatoms. The summed E-state index contributed by atoms with van der Waals surface area (Å²) in [7, 11) is 0. The third-order valence-corrected chi connectivity index (χ3v) is 2.67. The normalized spacial score (nSPS) is 10.1. The Morgan fingerprint density at radius 1 is 1.20 bits per heavy atom. The van der Waals surface area contributed by atoms with Crippen molar-refractivity contribution in [3.63, 3.8) is 0 Å². The summed E-state index contributed by atoms with van der Waals surface area (Å²) in [5.41, 5.74) is 5.46. The number of rotatable bonds is 3. The van der Waals surface area contributed by atoms with E-state index in [4.69, 9.17) is 11.1 Å². The molecule has 0 aromatic heterocycles. The van der Waals surface area contributed by atoms with Crippen molar-refractivity contribution in [1.29, 1.82) is 5.41 Å². The highest BCUT2D eigenvalue weighted by Crippen LogP contribution is 2.19. The van der Waals surface area contributed by atoms with Crippen molar-refractivity contribution in [2.24, 2.45) is 5.73 Å². The Morgan fingerprint density at radius 2 is 1.90 bits per heavy atom. The van der Waals surface area contributed by atoms with Crippen LogP contribution in [0, 0.1) is 11.2 Å². The number of phenols is 1. The fourth-order valence-corrected chi connectivity index (χ4v) is 1.68. The smallest absolute Gasteiger partial charge is 0.259 e.